The Morgan fingerprint density at radius 1 is 1.22 bits per heavy atom. The van der Waals surface area contributed by atoms with Crippen LogP contribution in [0, 0.1) is 0 Å². The number of nitrogens with one attached hydrogen (secondary N) is 1. The Morgan fingerprint density at radius 3 is 2.61 bits per heavy atom. The number of aromatic nitrogens is 3. The number of hydrogen-bond donors (Lipinski definition) is 1. The van der Waals surface area contributed by atoms with Crippen molar-refractivity contribution in [1.82, 2.24) is 20.4 Å². The molecule has 18 heavy (non-hydrogen) atoms. The molecule has 2 aromatic rings. The zero-order chi connectivity index (χ0) is 13.0. The van der Waals surface area contributed by atoms with Gasteiger partial charge < -0.3 is 9.84 Å². The average Bonchev–Trinajstić information content (AvgIpc) is 2.75. The quantitative estimate of drug-likeness (QED) is 0.893. The minimum absolute atomic E-state index is 0.0414. The Bertz CT molecular complexity index is 487. The van der Waals surface area contributed by atoms with E-state index in [1.165, 1.54) is 0 Å². The molecule has 0 bridgehead atoms. The molecule has 0 aliphatic rings. The van der Waals surface area contributed by atoms with E-state index in [1.54, 1.807) is 12.4 Å². The number of pyridine rings is 1. The minimum Gasteiger partial charge on any atom is -0.338 e. The lowest BCUT2D eigenvalue weighted by molar-refractivity contribution is 0.334. The molecule has 2 heterocycles. The van der Waals surface area contributed by atoms with Gasteiger partial charge in [-0.05, 0) is 38.5 Å². The first-order chi connectivity index (χ1) is 8.53. The summed E-state index contributed by atoms with van der Waals surface area (Å²) in [5.74, 6) is 1.32. The van der Waals surface area contributed by atoms with Crippen LogP contribution in [0.25, 0.3) is 0 Å². The Kier molecular flexibility index (Phi) is 3.72. The van der Waals surface area contributed by atoms with Gasteiger partial charge in [0.15, 0.2) is 5.82 Å². The highest BCUT2D eigenvalue weighted by atomic mass is 16.5. The van der Waals surface area contributed by atoms with Gasteiger partial charge in [-0.1, -0.05) is 5.16 Å². The maximum absolute atomic E-state index is 5.19. The molecule has 0 saturated heterocycles. The summed E-state index contributed by atoms with van der Waals surface area (Å²) >= 11 is 0. The third-order valence-electron chi connectivity index (χ3n) is 2.39. The van der Waals surface area contributed by atoms with Crippen LogP contribution in [0.4, 0.5) is 0 Å². The van der Waals surface area contributed by atoms with Gasteiger partial charge in [0, 0.05) is 24.4 Å². The fourth-order valence-electron chi connectivity index (χ4n) is 1.46. The monoisotopic (exact) mass is 246 g/mol. The predicted octanol–water partition coefficient (Wildman–Crippen LogP) is 1.94. The van der Waals surface area contributed by atoms with Crippen molar-refractivity contribution in [2.45, 2.75) is 39.3 Å². The maximum atomic E-state index is 5.19. The molecular formula is C13H18N4O. The average molecular weight is 246 g/mol. The topological polar surface area (TPSA) is 63.8 Å². The zero-order valence-corrected chi connectivity index (χ0v) is 11.0. The van der Waals surface area contributed by atoms with Crippen LogP contribution >= 0.6 is 0 Å². The lowest BCUT2D eigenvalue weighted by Gasteiger charge is -2.18. The van der Waals surface area contributed by atoms with Crippen LogP contribution in [0.15, 0.2) is 29.0 Å². The van der Waals surface area contributed by atoms with Crippen molar-refractivity contribution in [1.29, 1.82) is 0 Å². The van der Waals surface area contributed by atoms with Gasteiger partial charge in [-0.15, -0.1) is 0 Å². The third kappa shape index (κ3) is 3.92. The SMILES string of the molecule is CC(C)(C)NCc1nc(Cc2ccncc2)no1. The summed E-state index contributed by atoms with van der Waals surface area (Å²) in [5, 5.41) is 7.27. The van der Waals surface area contributed by atoms with Gasteiger partial charge in [-0.25, -0.2) is 0 Å². The first kappa shape index (κ1) is 12.7. The van der Waals surface area contributed by atoms with Gasteiger partial charge in [0.1, 0.15) is 0 Å². The molecule has 0 spiro atoms. The van der Waals surface area contributed by atoms with E-state index in [0.717, 1.165) is 5.56 Å². The highest BCUT2D eigenvalue weighted by molar-refractivity contribution is 5.14. The van der Waals surface area contributed by atoms with Gasteiger partial charge >= 0.3 is 0 Å². The molecule has 0 amide bonds. The molecule has 5 nitrogen and oxygen atoms in total. The molecule has 96 valence electrons. The molecule has 2 rings (SSSR count). The molecule has 5 heteroatoms. The van der Waals surface area contributed by atoms with Crippen LogP contribution in [-0.2, 0) is 13.0 Å². The van der Waals surface area contributed by atoms with Gasteiger partial charge in [0.05, 0.1) is 6.54 Å². The van der Waals surface area contributed by atoms with Crippen molar-refractivity contribution in [3.8, 4) is 0 Å². The summed E-state index contributed by atoms with van der Waals surface area (Å²) in [7, 11) is 0. The number of rotatable bonds is 4. The Balaban J connectivity index is 1.94. The number of hydrogen-bond acceptors (Lipinski definition) is 5. The highest BCUT2D eigenvalue weighted by Gasteiger charge is 2.12. The van der Waals surface area contributed by atoms with Gasteiger partial charge in [-0.2, -0.15) is 4.98 Å². The van der Waals surface area contributed by atoms with Crippen LogP contribution in [-0.4, -0.2) is 20.7 Å². The van der Waals surface area contributed by atoms with E-state index in [9.17, 15) is 0 Å². The zero-order valence-electron chi connectivity index (χ0n) is 11.0. The second-order valence-corrected chi connectivity index (χ2v) is 5.24. The first-order valence-electron chi connectivity index (χ1n) is 5.98. The van der Waals surface area contributed by atoms with E-state index in [4.69, 9.17) is 4.52 Å². The summed E-state index contributed by atoms with van der Waals surface area (Å²) in [5.41, 5.74) is 1.17. The minimum atomic E-state index is 0.0414. The molecule has 0 fully saturated rings. The predicted molar refractivity (Wildman–Crippen MR) is 67.9 cm³/mol. The Morgan fingerprint density at radius 2 is 1.94 bits per heavy atom. The molecule has 2 aromatic heterocycles. The number of nitrogens with zero attached hydrogens (tertiary/aromatic N) is 3. The molecule has 0 radical (unpaired) electrons. The molecule has 1 N–H and O–H groups in total. The maximum Gasteiger partial charge on any atom is 0.240 e. The summed E-state index contributed by atoms with van der Waals surface area (Å²) in [4.78, 5) is 8.32. The molecule has 0 aliphatic heterocycles. The smallest absolute Gasteiger partial charge is 0.240 e. The summed E-state index contributed by atoms with van der Waals surface area (Å²) in [6, 6.07) is 3.90. The Labute approximate surface area is 107 Å². The Hall–Kier alpha value is -1.75. The van der Waals surface area contributed by atoms with Crippen molar-refractivity contribution in [2.75, 3.05) is 0 Å². The van der Waals surface area contributed by atoms with Crippen LogP contribution in [0.2, 0.25) is 0 Å². The van der Waals surface area contributed by atoms with E-state index >= 15 is 0 Å². The standard InChI is InChI=1S/C13H18N4O/c1-13(2,3)15-9-12-16-11(17-18-12)8-10-4-6-14-7-5-10/h4-7,15H,8-9H2,1-3H3. The molecular weight excluding hydrogens is 228 g/mol. The molecule has 0 unspecified atom stereocenters. The molecule has 0 atom stereocenters. The van der Waals surface area contributed by atoms with Crippen LogP contribution in [0.1, 0.15) is 38.0 Å². The van der Waals surface area contributed by atoms with E-state index in [2.05, 4.69) is 41.2 Å². The second kappa shape index (κ2) is 5.27. The van der Waals surface area contributed by atoms with E-state index in [-0.39, 0.29) is 5.54 Å². The van der Waals surface area contributed by atoms with Crippen molar-refractivity contribution in [3.05, 3.63) is 41.8 Å². The summed E-state index contributed by atoms with van der Waals surface area (Å²) in [6.45, 7) is 6.89. The van der Waals surface area contributed by atoms with Gasteiger partial charge in [-0.3, -0.25) is 4.98 Å². The fraction of sp³-hybridized carbons (Fsp3) is 0.462. The van der Waals surface area contributed by atoms with Crippen molar-refractivity contribution >= 4 is 0 Å². The molecule has 0 aromatic carbocycles. The first-order valence-corrected chi connectivity index (χ1v) is 5.98. The van der Waals surface area contributed by atoms with Crippen LogP contribution < -0.4 is 5.32 Å². The van der Waals surface area contributed by atoms with Crippen molar-refractivity contribution in [3.63, 3.8) is 0 Å². The van der Waals surface area contributed by atoms with Gasteiger partial charge in [0.2, 0.25) is 5.89 Å². The fourth-order valence-corrected chi connectivity index (χ4v) is 1.46. The van der Waals surface area contributed by atoms with E-state index in [1.807, 2.05) is 12.1 Å². The van der Waals surface area contributed by atoms with E-state index in [0.29, 0.717) is 24.7 Å². The lowest BCUT2D eigenvalue weighted by atomic mass is 10.1. The summed E-state index contributed by atoms with van der Waals surface area (Å²) < 4.78 is 5.19. The largest absolute Gasteiger partial charge is 0.338 e. The highest BCUT2D eigenvalue weighted by Crippen LogP contribution is 2.07. The van der Waals surface area contributed by atoms with Crippen molar-refractivity contribution < 1.29 is 4.52 Å². The molecule has 0 saturated carbocycles. The van der Waals surface area contributed by atoms with Crippen LogP contribution in [0.3, 0.4) is 0 Å². The lowest BCUT2D eigenvalue weighted by Crippen LogP contribution is -2.35. The molecule has 0 aliphatic carbocycles. The van der Waals surface area contributed by atoms with Gasteiger partial charge in [0.25, 0.3) is 0 Å². The van der Waals surface area contributed by atoms with Crippen molar-refractivity contribution in [2.24, 2.45) is 0 Å². The van der Waals surface area contributed by atoms with E-state index < -0.39 is 0 Å². The summed E-state index contributed by atoms with van der Waals surface area (Å²) in [6.07, 6.45) is 4.19. The normalized spacial score (nSPS) is 11.7. The third-order valence-corrected chi connectivity index (χ3v) is 2.39. The van der Waals surface area contributed by atoms with Crippen LogP contribution in [0.5, 0.6) is 0 Å². The second-order valence-electron chi connectivity index (χ2n) is 5.24.